The number of hydrogen-bond donors (Lipinski definition) is 0. The number of likely N-dealkylation sites (tertiary alicyclic amines) is 1. The monoisotopic (exact) mass is 293 g/mol. The predicted molar refractivity (Wildman–Crippen MR) is 71.6 cm³/mol. The van der Waals surface area contributed by atoms with Crippen molar-refractivity contribution in [3.05, 3.63) is 0 Å². The molecular weight excluding hydrogens is 272 g/mol. The molecule has 2 nitrogen and oxygen atoms in total. The first kappa shape index (κ1) is 15.0. The van der Waals surface area contributed by atoms with Gasteiger partial charge < -0.3 is 4.90 Å². The Hall–Kier alpha value is -0.380. The van der Waals surface area contributed by atoms with Gasteiger partial charge in [0.2, 0.25) is 11.8 Å². The molecule has 0 bridgehead atoms. The first-order valence-electron chi connectivity index (χ1n) is 7.28. The van der Waals surface area contributed by atoms with E-state index in [0.29, 0.717) is 18.7 Å². The van der Waals surface area contributed by atoms with Gasteiger partial charge in [-0.2, -0.15) is 0 Å². The molecule has 0 N–H and O–H groups in total. The number of amides is 1. The highest BCUT2D eigenvalue weighted by Gasteiger charge is 2.39. The lowest BCUT2D eigenvalue weighted by Crippen LogP contribution is -2.47. The normalized spacial score (nSPS) is 28.4. The molecule has 1 aliphatic carbocycles. The Morgan fingerprint density at radius 2 is 1.89 bits per heavy atom. The van der Waals surface area contributed by atoms with Crippen LogP contribution in [0.3, 0.4) is 0 Å². The molecular formula is C14H22ClF2NO. The Kier molecular flexibility index (Phi) is 5.04. The quantitative estimate of drug-likeness (QED) is 0.724. The second-order valence-corrected chi connectivity index (χ2v) is 6.17. The number of nitrogens with zero attached hydrogens (tertiary/aromatic N) is 1. The van der Waals surface area contributed by atoms with Crippen molar-refractivity contribution in [3.8, 4) is 0 Å². The van der Waals surface area contributed by atoms with Gasteiger partial charge in [-0.15, -0.1) is 11.6 Å². The molecule has 1 heterocycles. The molecule has 0 spiro atoms. The Bertz CT molecular complexity index is 313. The van der Waals surface area contributed by atoms with Crippen molar-refractivity contribution < 1.29 is 13.6 Å². The van der Waals surface area contributed by atoms with Crippen LogP contribution in [-0.4, -0.2) is 35.2 Å². The molecule has 1 saturated carbocycles. The van der Waals surface area contributed by atoms with Crippen molar-refractivity contribution in [3.63, 3.8) is 0 Å². The fourth-order valence-corrected chi connectivity index (χ4v) is 3.49. The SMILES string of the molecule is O=C(C1CCC(F)(F)CC1)N1CCCCC1CCCl. The van der Waals surface area contributed by atoms with E-state index < -0.39 is 5.92 Å². The summed E-state index contributed by atoms with van der Waals surface area (Å²) >= 11 is 5.79. The minimum absolute atomic E-state index is 0.0883. The highest BCUT2D eigenvalue weighted by Crippen LogP contribution is 2.37. The lowest BCUT2D eigenvalue weighted by molar-refractivity contribution is -0.143. The van der Waals surface area contributed by atoms with Gasteiger partial charge in [-0.25, -0.2) is 8.78 Å². The summed E-state index contributed by atoms with van der Waals surface area (Å²) in [5.74, 6) is -2.12. The predicted octanol–water partition coefficient (Wildman–Crippen LogP) is 3.82. The van der Waals surface area contributed by atoms with Crippen molar-refractivity contribution in [1.29, 1.82) is 0 Å². The van der Waals surface area contributed by atoms with Crippen LogP contribution < -0.4 is 0 Å². The fourth-order valence-electron chi connectivity index (χ4n) is 3.24. The van der Waals surface area contributed by atoms with Crippen molar-refractivity contribution in [2.45, 2.75) is 63.3 Å². The number of piperidine rings is 1. The molecule has 1 atom stereocenters. The lowest BCUT2D eigenvalue weighted by atomic mass is 9.85. The number of carbonyl (C=O) groups is 1. The van der Waals surface area contributed by atoms with Gasteiger partial charge in [-0.05, 0) is 38.5 Å². The number of halogens is 3. The number of carbonyl (C=O) groups excluding carboxylic acids is 1. The van der Waals surface area contributed by atoms with Crippen LogP contribution in [0.25, 0.3) is 0 Å². The van der Waals surface area contributed by atoms with Crippen LogP contribution in [0.1, 0.15) is 51.4 Å². The number of alkyl halides is 3. The molecule has 2 rings (SSSR count). The number of rotatable bonds is 3. The Morgan fingerprint density at radius 1 is 1.21 bits per heavy atom. The molecule has 2 aliphatic rings. The van der Waals surface area contributed by atoms with Crippen molar-refractivity contribution in [2.24, 2.45) is 5.92 Å². The summed E-state index contributed by atoms with van der Waals surface area (Å²) in [6.07, 6.45) is 4.35. The van der Waals surface area contributed by atoms with Crippen LogP contribution >= 0.6 is 11.6 Å². The first-order chi connectivity index (χ1) is 9.03. The van der Waals surface area contributed by atoms with Crippen LogP contribution in [0, 0.1) is 5.92 Å². The van der Waals surface area contributed by atoms with Gasteiger partial charge in [-0.1, -0.05) is 0 Å². The topological polar surface area (TPSA) is 20.3 Å². The Balaban J connectivity index is 1.94. The summed E-state index contributed by atoms with van der Waals surface area (Å²) in [5, 5.41) is 0. The molecule has 0 aromatic carbocycles. The van der Waals surface area contributed by atoms with E-state index in [1.54, 1.807) is 0 Å². The van der Waals surface area contributed by atoms with E-state index in [4.69, 9.17) is 11.6 Å². The van der Waals surface area contributed by atoms with E-state index in [9.17, 15) is 13.6 Å². The fraction of sp³-hybridized carbons (Fsp3) is 0.929. The molecule has 1 amide bonds. The standard InChI is InChI=1S/C14H22ClF2NO/c15-9-6-12-3-1-2-10-18(12)13(19)11-4-7-14(16,17)8-5-11/h11-12H,1-10H2. The average Bonchev–Trinajstić information content (AvgIpc) is 2.39. The van der Waals surface area contributed by atoms with Gasteiger partial charge in [0, 0.05) is 37.2 Å². The molecule has 1 unspecified atom stereocenters. The van der Waals surface area contributed by atoms with E-state index in [1.807, 2.05) is 4.90 Å². The van der Waals surface area contributed by atoms with E-state index >= 15 is 0 Å². The second-order valence-electron chi connectivity index (χ2n) is 5.79. The molecule has 5 heteroatoms. The molecule has 2 fully saturated rings. The third-order valence-corrected chi connectivity index (χ3v) is 4.64. The zero-order valence-electron chi connectivity index (χ0n) is 11.2. The van der Waals surface area contributed by atoms with Crippen LogP contribution in [0.2, 0.25) is 0 Å². The summed E-state index contributed by atoms with van der Waals surface area (Å²) in [4.78, 5) is 14.4. The average molecular weight is 294 g/mol. The molecule has 0 aromatic heterocycles. The van der Waals surface area contributed by atoms with Crippen LogP contribution in [0.4, 0.5) is 8.78 Å². The van der Waals surface area contributed by atoms with Gasteiger partial charge in [0.1, 0.15) is 0 Å². The summed E-state index contributed by atoms with van der Waals surface area (Å²) in [7, 11) is 0. The van der Waals surface area contributed by atoms with E-state index in [0.717, 1.165) is 32.2 Å². The van der Waals surface area contributed by atoms with Gasteiger partial charge in [-0.3, -0.25) is 4.79 Å². The van der Waals surface area contributed by atoms with Crippen LogP contribution in [0.15, 0.2) is 0 Å². The molecule has 110 valence electrons. The highest BCUT2D eigenvalue weighted by molar-refractivity contribution is 6.17. The van der Waals surface area contributed by atoms with Gasteiger partial charge in [0.05, 0.1) is 0 Å². The van der Waals surface area contributed by atoms with E-state index in [2.05, 4.69) is 0 Å². The molecule has 1 aliphatic heterocycles. The zero-order chi connectivity index (χ0) is 13.9. The molecule has 19 heavy (non-hydrogen) atoms. The summed E-state index contributed by atoms with van der Waals surface area (Å²) in [5.41, 5.74) is 0. The van der Waals surface area contributed by atoms with Gasteiger partial charge in [0.25, 0.3) is 0 Å². The third kappa shape index (κ3) is 3.80. The summed E-state index contributed by atoms with van der Waals surface area (Å²) in [6, 6.07) is 0.223. The Labute approximate surface area is 118 Å². The highest BCUT2D eigenvalue weighted by atomic mass is 35.5. The zero-order valence-corrected chi connectivity index (χ0v) is 12.0. The molecule has 0 aromatic rings. The smallest absolute Gasteiger partial charge is 0.248 e. The lowest BCUT2D eigenvalue weighted by Gasteiger charge is -2.39. The maximum absolute atomic E-state index is 13.1. The number of hydrogen-bond acceptors (Lipinski definition) is 1. The largest absolute Gasteiger partial charge is 0.339 e. The van der Waals surface area contributed by atoms with E-state index in [-0.39, 0.29) is 30.7 Å². The summed E-state index contributed by atoms with van der Waals surface area (Å²) < 4.78 is 26.3. The van der Waals surface area contributed by atoms with Gasteiger partial charge >= 0.3 is 0 Å². The van der Waals surface area contributed by atoms with Crippen molar-refractivity contribution in [2.75, 3.05) is 12.4 Å². The maximum atomic E-state index is 13.1. The van der Waals surface area contributed by atoms with Crippen LogP contribution in [0.5, 0.6) is 0 Å². The van der Waals surface area contributed by atoms with Crippen molar-refractivity contribution >= 4 is 17.5 Å². The van der Waals surface area contributed by atoms with E-state index in [1.165, 1.54) is 0 Å². The first-order valence-corrected chi connectivity index (χ1v) is 7.81. The minimum atomic E-state index is -2.56. The minimum Gasteiger partial charge on any atom is -0.339 e. The third-order valence-electron chi connectivity index (χ3n) is 4.42. The van der Waals surface area contributed by atoms with Gasteiger partial charge in [0.15, 0.2) is 0 Å². The Morgan fingerprint density at radius 3 is 2.53 bits per heavy atom. The second kappa shape index (κ2) is 6.38. The summed E-state index contributed by atoms with van der Waals surface area (Å²) in [6.45, 7) is 0.771. The molecule has 0 radical (unpaired) electrons. The molecule has 1 saturated heterocycles. The van der Waals surface area contributed by atoms with Crippen molar-refractivity contribution in [1.82, 2.24) is 4.90 Å². The van der Waals surface area contributed by atoms with Crippen LogP contribution in [-0.2, 0) is 4.79 Å². The maximum Gasteiger partial charge on any atom is 0.248 e.